The summed E-state index contributed by atoms with van der Waals surface area (Å²) in [4.78, 5) is 0. The maximum atomic E-state index is 5.44. The van der Waals surface area contributed by atoms with Crippen LogP contribution in [-0.2, 0) is 4.74 Å². The molecule has 0 atom stereocenters. The van der Waals surface area contributed by atoms with Gasteiger partial charge in [-0.05, 0) is 31.1 Å². The van der Waals surface area contributed by atoms with E-state index in [-0.39, 0.29) is 0 Å². The zero-order valence-corrected chi connectivity index (χ0v) is 8.82. The Morgan fingerprint density at radius 1 is 1.36 bits per heavy atom. The molecule has 1 fully saturated rings. The molecule has 1 nitrogen and oxygen atoms in total. The van der Waals surface area contributed by atoms with Crippen molar-refractivity contribution in [3.8, 4) is 0 Å². The van der Waals surface area contributed by atoms with Crippen molar-refractivity contribution >= 4 is 15.9 Å². The zero-order valence-electron chi connectivity index (χ0n) is 7.24. The van der Waals surface area contributed by atoms with Gasteiger partial charge in [0.15, 0.2) is 0 Å². The van der Waals surface area contributed by atoms with Crippen molar-refractivity contribution in [1.29, 1.82) is 0 Å². The average Bonchev–Trinajstić information content (AvgIpc) is 2.80. The van der Waals surface area contributed by atoms with Crippen molar-refractivity contribution in [1.82, 2.24) is 0 Å². The predicted octanol–water partition coefficient (Wildman–Crippen LogP) is 2.98. The van der Waals surface area contributed by atoms with E-state index >= 15 is 0 Å². The number of rotatable bonds is 6. The monoisotopic (exact) mass is 220 g/mol. The van der Waals surface area contributed by atoms with Crippen molar-refractivity contribution < 1.29 is 4.74 Å². The van der Waals surface area contributed by atoms with Gasteiger partial charge in [0.1, 0.15) is 0 Å². The van der Waals surface area contributed by atoms with E-state index in [1.165, 1.54) is 19.3 Å². The lowest BCUT2D eigenvalue weighted by molar-refractivity contribution is 0.120. The van der Waals surface area contributed by atoms with Gasteiger partial charge < -0.3 is 4.74 Å². The van der Waals surface area contributed by atoms with E-state index in [0.29, 0.717) is 5.41 Å². The van der Waals surface area contributed by atoms with Gasteiger partial charge in [-0.15, -0.1) is 0 Å². The van der Waals surface area contributed by atoms with Crippen LogP contribution in [0.2, 0.25) is 0 Å². The van der Waals surface area contributed by atoms with Crippen LogP contribution in [0.4, 0.5) is 0 Å². The zero-order chi connectivity index (χ0) is 8.16. The summed E-state index contributed by atoms with van der Waals surface area (Å²) < 4.78 is 5.44. The van der Waals surface area contributed by atoms with Crippen molar-refractivity contribution in [2.75, 3.05) is 18.5 Å². The maximum Gasteiger partial charge on any atom is 0.0471 e. The molecule has 2 heteroatoms. The standard InChI is InChI=1S/C9H17BrO/c1-2-6-11-7-5-9(8-10)3-4-9/h2-8H2,1H3. The molecular formula is C9H17BrO. The Bertz CT molecular complexity index is 110. The van der Waals surface area contributed by atoms with Crippen molar-refractivity contribution in [3.63, 3.8) is 0 Å². The molecule has 0 N–H and O–H groups in total. The second-order valence-electron chi connectivity index (χ2n) is 3.50. The van der Waals surface area contributed by atoms with Crippen LogP contribution in [0.5, 0.6) is 0 Å². The van der Waals surface area contributed by atoms with Crippen LogP contribution in [-0.4, -0.2) is 18.5 Å². The second-order valence-corrected chi connectivity index (χ2v) is 4.06. The molecule has 66 valence electrons. The highest BCUT2D eigenvalue weighted by atomic mass is 79.9. The minimum atomic E-state index is 0.633. The molecule has 0 radical (unpaired) electrons. The van der Waals surface area contributed by atoms with Crippen LogP contribution in [0.25, 0.3) is 0 Å². The Labute approximate surface area is 77.6 Å². The van der Waals surface area contributed by atoms with Gasteiger partial charge in [-0.3, -0.25) is 0 Å². The fraction of sp³-hybridized carbons (Fsp3) is 1.00. The van der Waals surface area contributed by atoms with E-state index in [4.69, 9.17) is 4.74 Å². The lowest BCUT2D eigenvalue weighted by atomic mass is 10.1. The van der Waals surface area contributed by atoms with Gasteiger partial charge in [0.05, 0.1) is 0 Å². The summed E-state index contributed by atoms with van der Waals surface area (Å²) in [6.07, 6.45) is 5.18. The third-order valence-corrected chi connectivity index (χ3v) is 3.56. The largest absolute Gasteiger partial charge is 0.381 e. The summed E-state index contributed by atoms with van der Waals surface area (Å²) in [5.41, 5.74) is 0.633. The first-order valence-corrected chi connectivity index (χ1v) is 5.59. The van der Waals surface area contributed by atoms with Crippen LogP contribution >= 0.6 is 15.9 Å². The Morgan fingerprint density at radius 3 is 2.55 bits per heavy atom. The van der Waals surface area contributed by atoms with Crippen LogP contribution in [0.3, 0.4) is 0 Å². The minimum absolute atomic E-state index is 0.633. The lowest BCUT2D eigenvalue weighted by Crippen LogP contribution is -2.07. The lowest BCUT2D eigenvalue weighted by Gasteiger charge is -2.10. The van der Waals surface area contributed by atoms with Crippen molar-refractivity contribution in [2.45, 2.75) is 32.6 Å². The van der Waals surface area contributed by atoms with Gasteiger partial charge in [0, 0.05) is 18.5 Å². The molecule has 0 amide bonds. The molecule has 11 heavy (non-hydrogen) atoms. The second kappa shape index (κ2) is 4.46. The molecule has 0 aromatic heterocycles. The van der Waals surface area contributed by atoms with Gasteiger partial charge in [0.2, 0.25) is 0 Å². The molecule has 0 aliphatic heterocycles. The molecule has 0 saturated heterocycles. The Hall–Kier alpha value is 0.440. The van der Waals surface area contributed by atoms with E-state index in [1.54, 1.807) is 0 Å². The molecular weight excluding hydrogens is 204 g/mol. The number of hydrogen-bond donors (Lipinski definition) is 0. The van der Waals surface area contributed by atoms with Crippen LogP contribution in [0, 0.1) is 5.41 Å². The summed E-state index contributed by atoms with van der Waals surface area (Å²) in [6.45, 7) is 4.04. The minimum Gasteiger partial charge on any atom is -0.381 e. The van der Waals surface area contributed by atoms with E-state index in [2.05, 4.69) is 22.9 Å². The van der Waals surface area contributed by atoms with Crippen LogP contribution < -0.4 is 0 Å². The van der Waals surface area contributed by atoms with Gasteiger partial charge >= 0.3 is 0 Å². The first-order valence-electron chi connectivity index (χ1n) is 4.47. The van der Waals surface area contributed by atoms with Gasteiger partial charge in [-0.1, -0.05) is 22.9 Å². The highest BCUT2D eigenvalue weighted by Crippen LogP contribution is 2.49. The Kier molecular flexibility index (Phi) is 3.86. The summed E-state index contributed by atoms with van der Waals surface area (Å²) in [5.74, 6) is 0. The summed E-state index contributed by atoms with van der Waals surface area (Å²) in [6, 6.07) is 0. The molecule has 1 rings (SSSR count). The highest BCUT2D eigenvalue weighted by molar-refractivity contribution is 9.09. The third-order valence-electron chi connectivity index (χ3n) is 2.37. The van der Waals surface area contributed by atoms with Crippen LogP contribution in [0.1, 0.15) is 32.6 Å². The molecule has 0 spiro atoms. The summed E-state index contributed by atoms with van der Waals surface area (Å²) in [7, 11) is 0. The first kappa shape index (κ1) is 9.53. The smallest absolute Gasteiger partial charge is 0.0471 e. The molecule has 0 heterocycles. The Morgan fingerprint density at radius 2 is 2.09 bits per heavy atom. The topological polar surface area (TPSA) is 9.23 Å². The third kappa shape index (κ3) is 3.12. The van der Waals surface area contributed by atoms with E-state index < -0.39 is 0 Å². The number of ether oxygens (including phenoxy) is 1. The van der Waals surface area contributed by atoms with E-state index in [9.17, 15) is 0 Å². The molecule has 0 aromatic carbocycles. The maximum absolute atomic E-state index is 5.44. The highest BCUT2D eigenvalue weighted by Gasteiger charge is 2.40. The van der Waals surface area contributed by atoms with Crippen molar-refractivity contribution in [2.24, 2.45) is 5.41 Å². The summed E-state index contributed by atoms with van der Waals surface area (Å²) in [5, 5.41) is 1.16. The SMILES string of the molecule is CCCOCCC1(CBr)CC1. The molecule has 1 aliphatic carbocycles. The normalized spacial score (nSPS) is 20.2. The molecule has 0 bridgehead atoms. The molecule has 1 saturated carbocycles. The van der Waals surface area contributed by atoms with E-state index in [0.717, 1.165) is 25.0 Å². The quantitative estimate of drug-likeness (QED) is 0.495. The number of halogens is 1. The fourth-order valence-corrected chi connectivity index (χ4v) is 2.00. The van der Waals surface area contributed by atoms with Gasteiger partial charge in [-0.2, -0.15) is 0 Å². The predicted molar refractivity (Wildman–Crippen MR) is 51.2 cm³/mol. The molecule has 0 unspecified atom stereocenters. The Balaban J connectivity index is 1.94. The first-order chi connectivity index (χ1) is 5.33. The van der Waals surface area contributed by atoms with Crippen LogP contribution in [0.15, 0.2) is 0 Å². The number of alkyl halides is 1. The molecule has 0 aromatic rings. The fourth-order valence-electron chi connectivity index (χ4n) is 1.16. The number of hydrogen-bond acceptors (Lipinski definition) is 1. The van der Waals surface area contributed by atoms with Crippen molar-refractivity contribution in [3.05, 3.63) is 0 Å². The average molecular weight is 221 g/mol. The van der Waals surface area contributed by atoms with Gasteiger partial charge in [0.25, 0.3) is 0 Å². The summed E-state index contributed by atoms with van der Waals surface area (Å²) >= 11 is 3.55. The van der Waals surface area contributed by atoms with Gasteiger partial charge in [-0.25, -0.2) is 0 Å². The van der Waals surface area contributed by atoms with E-state index in [1.807, 2.05) is 0 Å². The molecule has 1 aliphatic rings.